The largest absolute Gasteiger partial charge is 0.339 e. The molecule has 0 aliphatic rings. The number of nitrogens with zero attached hydrogens (tertiary/aromatic N) is 2. The minimum absolute atomic E-state index is 0.0499. The maximum absolute atomic E-state index is 12.2. The van der Waals surface area contributed by atoms with E-state index in [2.05, 4.69) is 15.5 Å². The van der Waals surface area contributed by atoms with Gasteiger partial charge in [-0.1, -0.05) is 29.8 Å². The van der Waals surface area contributed by atoms with Gasteiger partial charge in [0.1, 0.15) is 5.69 Å². The molecule has 1 heterocycles. The van der Waals surface area contributed by atoms with Gasteiger partial charge in [-0.05, 0) is 20.0 Å². The molecule has 0 aliphatic heterocycles. The number of amides is 1. The molecule has 0 bridgehead atoms. The van der Waals surface area contributed by atoms with Gasteiger partial charge in [0, 0.05) is 25.7 Å². The summed E-state index contributed by atoms with van der Waals surface area (Å²) in [5.74, 6) is -0.0499. The second kappa shape index (κ2) is 6.34. The van der Waals surface area contributed by atoms with Crippen LogP contribution in [0.15, 0.2) is 30.3 Å². The first-order valence-electron chi connectivity index (χ1n) is 6.64. The van der Waals surface area contributed by atoms with Crippen molar-refractivity contribution in [3.05, 3.63) is 41.6 Å². The van der Waals surface area contributed by atoms with Gasteiger partial charge in [-0.3, -0.25) is 9.89 Å². The van der Waals surface area contributed by atoms with E-state index in [1.807, 2.05) is 38.2 Å². The van der Waals surface area contributed by atoms with Gasteiger partial charge in [-0.15, -0.1) is 0 Å². The summed E-state index contributed by atoms with van der Waals surface area (Å²) in [6, 6.07) is 9.87. The standard InChI is InChI=1S/C15H20N4O/c1-11-4-6-12(7-5-11)13-10-14(18-17-13)15(20)19(3)9-8-16-2/h4-7,10,16H,8-9H2,1-3H3,(H,17,18). The molecule has 20 heavy (non-hydrogen) atoms. The van der Waals surface area contributed by atoms with Crippen LogP contribution in [0.5, 0.6) is 0 Å². The SMILES string of the molecule is CNCCN(C)C(=O)c1cc(-c2ccc(C)cc2)n[nH]1. The molecule has 0 saturated carbocycles. The Kier molecular flexibility index (Phi) is 4.53. The van der Waals surface area contributed by atoms with E-state index in [0.717, 1.165) is 17.8 Å². The van der Waals surface area contributed by atoms with Crippen LogP contribution in [0.1, 0.15) is 16.1 Å². The number of H-pyrrole nitrogens is 1. The van der Waals surface area contributed by atoms with E-state index in [4.69, 9.17) is 0 Å². The lowest BCUT2D eigenvalue weighted by Crippen LogP contribution is -2.32. The Morgan fingerprint density at radius 3 is 2.70 bits per heavy atom. The summed E-state index contributed by atoms with van der Waals surface area (Å²) in [5, 5.41) is 10.0. The van der Waals surface area contributed by atoms with E-state index in [-0.39, 0.29) is 5.91 Å². The number of aromatic amines is 1. The van der Waals surface area contributed by atoms with E-state index in [0.29, 0.717) is 12.2 Å². The molecule has 0 radical (unpaired) electrons. The lowest BCUT2D eigenvalue weighted by molar-refractivity contribution is 0.0791. The number of carbonyl (C=O) groups excluding carboxylic acids is 1. The van der Waals surface area contributed by atoms with Crippen molar-refractivity contribution in [3.8, 4) is 11.3 Å². The third kappa shape index (κ3) is 3.24. The van der Waals surface area contributed by atoms with E-state index < -0.39 is 0 Å². The van der Waals surface area contributed by atoms with Crippen LogP contribution < -0.4 is 5.32 Å². The smallest absolute Gasteiger partial charge is 0.271 e. The minimum atomic E-state index is -0.0499. The molecule has 2 N–H and O–H groups in total. The molecule has 0 spiro atoms. The maximum atomic E-state index is 12.2. The summed E-state index contributed by atoms with van der Waals surface area (Å²) >= 11 is 0. The molecule has 5 heteroatoms. The highest BCUT2D eigenvalue weighted by molar-refractivity contribution is 5.93. The first-order chi connectivity index (χ1) is 9.61. The topological polar surface area (TPSA) is 61.0 Å². The fraction of sp³-hybridized carbons (Fsp3) is 0.333. The molecule has 5 nitrogen and oxygen atoms in total. The fourth-order valence-electron chi connectivity index (χ4n) is 1.89. The zero-order valence-corrected chi connectivity index (χ0v) is 12.1. The van der Waals surface area contributed by atoms with E-state index in [1.54, 1.807) is 18.0 Å². The maximum Gasteiger partial charge on any atom is 0.271 e. The number of carbonyl (C=O) groups is 1. The van der Waals surface area contributed by atoms with Crippen LogP contribution >= 0.6 is 0 Å². The van der Waals surface area contributed by atoms with Gasteiger partial charge in [0.15, 0.2) is 0 Å². The van der Waals surface area contributed by atoms with Gasteiger partial charge in [0.25, 0.3) is 5.91 Å². The van der Waals surface area contributed by atoms with E-state index in [9.17, 15) is 4.79 Å². The number of benzene rings is 1. The first-order valence-corrected chi connectivity index (χ1v) is 6.64. The molecule has 2 aromatic rings. The Balaban J connectivity index is 2.12. The van der Waals surface area contributed by atoms with Crippen LogP contribution in [-0.2, 0) is 0 Å². The Labute approximate surface area is 119 Å². The molecule has 1 aromatic heterocycles. The van der Waals surface area contributed by atoms with Crippen LogP contribution in [-0.4, -0.2) is 48.2 Å². The van der Waals surface area contributed by atoms with Crippen molar-refractivity contribution in [1.82, 2.24) is 20.4 Å². The van der Waals surface area contributed by atoms with E-state index in [1.165, 1.54) is 5.56 Å². The molecule has 0 saturated heterocycles. The minimum Gasteiger partial charge on any atom is -0.339 e. The van der Waals surface area contributed by atoms with Gasteiger partial charge in [0.05, 0.1) is 5.69 Å². The molecule has 0 fully saturated rings. The molecule has 0 atom stereocenters. The number of rotatable bonds is 5. The average molecular weight is 272 g/mol. The Bertz CT molecular complexity index is 574. The molecule has 1 aromatic carbocycles. The van der Waals surface area contributed by atoms with Crippen molar-refractivity contribution < 1.29 is 4.79 Å². The average Bonchev–Trinajstić information content (AvgIpc) is 2.94. The van der Waals surface area contributed by atoms with Crippen molar-refractivity contribution in [2.45, 2.75) is 6.92 Å². The highest BCUT2D eigenvalue weighted by Crippen LogP contribution is 2.18. The summed E-state index contributed by atoms with van der Waals surface area (Å²) in [6.45, 7) is 3.47. The number of aromatic nitrogens is 2. The van der Waals surface area contributed by atoms with Gasteiger partial charge < -0.3 is 10.2 Å². The van der Waals surface area contributed by atoms with Crippen LogP contribution in [0.2, 0.25) is 0 Å². The third-order valence-electron chi connectivity index (χ3n) is 3.20. The van der Waals surface area contributed by atoms with Crippen molar-refractivity contribution in [2.24, 2.45) is 0 Å². The lowest BCUT2D eigenvalue weighted by Gasteiger charge is -2.15. The predicted molar refractivity (Wildman–Crippen MR) is 79.6 cm³/mol. The second-order valence-corrected chi connectivity index (χ2v) is 4.86. The van der Waals surface area contributed by atoms with Crippen LogP contribution in [0.25, 0.3) is 11.3 Å². The monoisotopic (exact) mass is 272 g/mol. The van der Waals surface area contributed by atoms with Gasteiger partial charge in [-0.2, -0.15) is 5.10 Å². The molecule has 0 aliphatic carbocycles. The van der Waals surface area contributed by atoms with Gasteiger partial charge >= 0.3 is 0 Å². The number of likely N-dealkylation sites (N-methyl/N-ethyl adjacent to an activating group) is 2. The van der Waals surface area contributed by atoms with Crippen molar-refractivity contribution in [2.75, 3.05) is 27.2 Å². The number of hydrogen-bond donors (Lipinski definition) is 2. The zero-order valence-electron chi connectivity index (χ0n) is 12.1. The Morgan fingerprint density at radius 2 is 2.05 bits per heavy atom. The predicted octanol–water partition coefficient (Wildman–Crippen LogP) is 1.68. The molecule has 0 unspecified atom stereocenters. The van der Waals surface area contributed by atoms with E-state index >= 15 is 0 Å². The summed E-state index contributed by atoms with van der Waals surface area (Å²) < 4.78 is 0. The Morgan fingerprint density at radius 1 is 1.35 bits per heavy atom. The first kappa shape index (κ1) is 14.3. The molecule has 106 valence electrons. The summed E-state index contributed by atoms with van der Waals surface area (Å²) in [6.07, 6.45) is 0. The lowest BCUT2D eigenvalue weighted by atomic mass is 10.1. The fourth-order valence-corrected chi connectivity index (χ4v) is 1.89. The summed E-state index contributed by atoms with van der Waals surface area (Å²) in [5.41, 5.74) is 3.51. The zero-order chi connectivity index (χ0) is 14.5. The summed E-state index contributed by atoms with van der Waals surface area (Å²) in [4.78, 5) is 13.8. The molecule has 1 amide bonds. The quantitative estimate of drug-likeness (QED) is 0.870. The highest BCUT2D eigenvalue weighted by atomic mass is 16.2. The molecular weight excluding hydrogens is 252 g/mol. The molecule has 2 rings (SSSR count). The highest BCUT2D eigenvalue weighted by Gasteiger charge is 2.14. The number of hydrogen-bond acceptors (Lipinski definition) is 3. The van der Waals surface area contributed by atoms with Crippen LogP contribution in [0.3, 0.4) is 0 Å². The van der Waals surface area contributed by atoms with Gasteiger partial charge in [-0.25, -0.2) is 0 Å². The Hall–Kier alpha value is -2.14. The van der Waals surface area contributed by atoms with Crippen LogP contribution in [0, 0.1) is 6.92 Å². The second-order valence-electron chi connectivity index (χ2n) is 4.86. The van der Waals surface area contributed by atoms with Crippen molar-refractivity contribution in [1.29, 1.82) is 0 Å². The van der Waals surface area contributed by atoms with Crippen LogP contribution in [0.4, 0.5) is 0 Å². The van der Waals surface area contributed by atoms with Crippen molar-refractivity contribution in [3.63, 3.8) is 0 Å². The number of aryl methyl sites for hydroxylation is 1. The number of nitrogens with one attached hydrogen (secondary N) is 2. The van der Waals surface area contributed by atoms with Crippen molar-refractivity contribution >= 4 is 5.91 Å². The summed E-state index contributed by atoms with van der Waals surface area (Å²) in [7, 11) is 3.65. The third-order valence-corrected chi connectivity index (χ3v) is 3.20. The normalized spacial score (nSPS) is 10.6. The van der Waals surface area contributed by atoms with Gasteiger partial charge in [0.2, 0.25) is 0 Å². The molecular formula is C15H20N4O.